The van der Waals surface area contributed by atoms with E-state index in [9.17, 15) is 26.4 Å². The molecule has 35 heavy (non-hydrogen) atoms. The quantitative estimate of drug-likeness (QED) is 0.614. The zero-order valence-corrected chi connectivity index (χ0v) is 19.8. The fourth-order valence-corrected chi connectivity index (χ4v) is 5.63. The van der Waals surface area contributed by atoms with Gasteiger partial charge in [0, 0.05) is 37.9 Å². The minimum absolute atomic E-state index is 0.0170. The fourth-order valence-electron chi connectivity index (χ4n) is 4.09. The highest BCUT2D eigenvalue weighted by atomic mass is 32.2. The standard InChI is InChI=1S/C21H25N3O3S.C2HF3O2/c1-2-16-3-5-18(6-4-16)28(26,27)24-12-9-21(15-24)13-19(21)20(25)23-14-17-7-10-22-11-8-17;3-2(4,5)1(6)7/h3-8,10-11,19H,2,9,12-15H2,1H3,(H,23,25);(H,6,7). The van der Waals surface area contributed by atoms with Crippen molar-refractivity contribution in [3.8, 4) is 0 Å². The molecule has 2 aromatic rings. The number of carbonyl (C=O) groups excluding carboxylic acids is 1. The van der Waals surface area contributed by atoms with Crippen molar-refractivity contribution in [1.29, 1.82) is 0 Å². The molecule has 2 fully saturated rings. The van der Waals surface area contributed by atoms with Gasteiger partial charge >= 0.3 is 12.1 Å². The van der Waals surface area contributed by atoms with Gasteiger partial charge in [-0.3, -0.25) is 9.78 Å². The van der Waals surface area contributed by atoms with E-state index in [-0.39, 0.29) is 17.2 Å². The second-order valence-corrected chi connectivity index (χ2v) is 10.5. The van der Waals surface area contributed by atoms with Crippen LogP contribution in [0.1, 0.15) is 30.9 Å². The van der Waals surface area contributed by atoms with Gasteiger partial charge in [-0.25, -0.2) is 13.2 Å². The molecule has 2 atom stereocenters. The van der Waals surface area contributed by atoms with Gasteiger partial charge < -0.3 is 10.4 Å². The number of sulfonamides is 1. The fraction of sp³-hybridized carbons (Fsp3) is 0.435. The van der Waals surface area contributed by atoms with Crippen molar-refractivity contribution >= 4 is 21.9 Å². The molecule has 12 heteroatoms. The number of carboxylic acids is 1. The number of pyridine rings is 1. The van der Waals surface area contributed by atoms with E-state index in [0.717, 1.165) is 30.4 Å². The highest BCUT2D eigenvalue weighted by molar-refractivity contribution is 7.89. The molecule has 4 rings (SSSR count). The van der Waals surface area contributed by atoms with Crippen molar-refractivity contribution in [3.05, 3.63) is 59.9 Å². The number of rotatable bonds is 6. The summed E-state index contributed by atoms with van der Waals surface area (Å²) >= 11 is 0. The predicted octanol–water partition coefficient (Wildman–Crippen LogP) is 2.99. The van der Waals surface area contributed by atoms with Gasteiger partial charge in [0.2, 0.25) is 15.9 Å². The number of aliphatic carboxylic acids is 1. The van der Waals surface area contributed by atoms with Gasteiger partial charge in [-0.05, 0) is 60.1 Å². The minimum Gasteiger partial charge on any atom is -0.475 e. The van der Waals surface area contributed by atoms with E-state index in [1.165, 1.54) is 0 Å². The minimum atomic E-state index is -5.08. The number of aromatic nitrogens is 1. The van der Waals surface area contributed by atoms with Crippen LogP contribution < -0.4 is 5.32 Å². The third-order valence-corrected chi connectivity index (χ3v) is 8.14. The molecule has 0 radical (unpaired) electrons. The van der Waals surface area contributed by atoms with Crippen LogP contribution in [0.15, 0.2) is 53.7 Å². The van der Waals surface area contributed by atoms with E-state index in [2.05, 4.69) is 10.3 Å². The maximum Gasteiger partial charge on any atom is 0.490 e. The smallest absolute Gasteiger partial charge is 0.475 e. The van der Waals surface area contributed by atoms with Gasteiger partial charge in [0.05, 0.1) is 4.90 Å². The zero-order valence-electron chi connectivity index (χ0n) is 19.0. The van der Waals surface area contributed by atoms with Crippen molar-refractivity contribution in [3.63, 3.8) is 0 Å². The Morgan fingerprint density at radius 3 is 2.29 bits per heavy atom. The highest BCUT2D eigenvalue weighted by Gasteiger charge is 2.62. The molecule has 1 spiro atoms. The van der Waals surface area contributed by atoms with Crippen molar-refractivity contribution in [1.82, 2.24) is 14.6 Å². The first-order chi connectivity index (χ1) is 16.4. The van der Waals surface area contributed by atoms with Crippen LogP contribution in [0.2, 0.25) is 0 Å². The van der Waals surface area contributed by atoms with Crippen LogP contribution in [-0.2, 0) is 32.6 Å². The van der Waals surface area contributed by atoms with E-state index in [4.69, 9.17) is 9.90 Å². The van der Waals surface area contributed by atoms with Crippen LogP contribution in [0, 0.1) is 11.3 Å². The van der Waals surface area contributed by atoms with Crippen LogP contribution in [0.4, 0.5) is 13.2 Å². The largest absolute Gasteiger partial charge is 0.490 e. The van der Waals surface area contributed by atoms with E-state index in [1.807, 2.05) is 31.2 Å². The number of nitrogens with one attached hydrogen (secondary N) is 1. The molecule has 1 aromatic carbocycles. The summed E-state index contributed by atoms with van der Waals surface area (Å²) in [6, 6.07) is 10.8. The Morgan fingerprint density at radius 2 is 1.74 bits per heavy atom. The lowest BCUT2D eigenvalue weighted by atomic mass is 10.0. The molecule has 1 aliphatic carbocycles. The van der Waals surface area contributed by atoms with Crippen molar-refractivity contribution < 1.29 is 36.3 Å². The molecule has 2 N–H and O–H groups in total. The lowest BCUT2D eigenvalue weighted by Crippen LogP contribution is -2.31. The van der Waals surface area contributed by atoms with Gasteiger partial charge in [-0.2, -0.15) is 17.5 Å². The zero-order chi connectivity index (χ0) is 25.9. The average molecular weight is 514 g/mol. The molecule has 2 heterocycles. The Balaban J connectivity index is 0.000000429. The molecule has 0 bridgehead atoms. The summed E-state index contributed by atoms with van der Waals surface area (Å²) in [5.41, 5.74) is 1.92. The maximum atomic E-state index is 13.0. The number of aryl methyl sites for hydroxylation is 1. The number of carbonyl (C=O) groups is 2. The molecule has 8 nitrogen and oxygen atoms in total. The SMILES string of the molecule is CCc1ccc(S(=O)(=O)N2CCC3(CC3C(=O)NCc3ccncc3)C2)cc1.O=C(O)C(F)(F)F. The van der Waals surface area contributed by atoms with Gasteiger partial charge in [0.25, 0.3) is 0 Å². The predicted molar refractivity (Wildman–Crippen MR) is 120 cm³/mol. The molecule has 2 unspecified atom stereocenters. The summed E-state index contributed by atoms with van der Waals surface area (Å²) in [6.07, 6.45) is 0.700. The summed E-state index contributed by atoms with van der Waals surface area (Å²) in [4.78, 5) is 25.7. The monoisotopic (exact) mass is 513 g/mol. The Kier molecular flexibility index (Phi) is 7.85. The summed E-state index contributed by atoms with van der Waals surface area (Å²) in [5, 5.41) is 10.1. The van der Waals surface area contributed by atoms with Gasteiger partial charge in [-0.15, -0.1) is 0 Å². The van der Waals surface area contributed by atoms with Gasteiger partial charge in [0.1, 0.15) is 0 Å². The van der Waals surface area contributed by atoms with E-state index < -0.39 is 22.2 Å². The Bertz CT molecular complexity index is 1160. The van der Waals surface area contributed by atoms with Crippen LogP contribution in [0.5, 0.6) is 0 Å². The van der Waals surface area contributed by atoms with Crippen molar-refractivity contribution in [2.45, 2.75) is 43.8 Å². The number of amides is 1. The second-order valence-electron chi connectivity index (χ2n) is 8.58. The molecule has 2 aliphatic rings. The number of benzene rings is 1. The normalized spacial score (nSPS) is 21.8. The van der Waals surface area contributed by atoms with E-state index in [0.29, 0.717) is 24.5 Å². The number of hydrogen-bond acceptors (Lipinski definition) is 5. The van der Waals surface area contributed by atoms with Gasteiger partial charge in [0.15, 0.2) is 0 Å². The molecule has 190 valence electrons. The maximum absolute atomic E-state index is 13.0. The van der Waals surface area contributed by atoms with Crippen LogP contribution in [-0.4, -0.2) is 54.0 Å². The molecule has 1 aliphatic heterocycles. The second kappa shape index (κ2) is 10.3. The first kappa shape index (κ1) is 26.6. The topological polar surface area (TPSA) is 117 Å². The molecular weight excluding hydrogens is 487 g/mol. The van der Waals surface area contributed by atoms with E-state index in [1.54, 1.807) is 28.8 Å². The van der Waals surface area contributed by atoms with Crippen molar-refractivity contribution in [2.75, 3.05) is 13.1 Å². The molecule has 1 amide bonds. The number of halogens is 3. The summed E-state index contributed by atoms with van der Waals surface area (Å²) in [6.45, 7) is 3.42. The van der Waals surface area contributed by atoms with Gasteiger partial charge in [-0.1, -0.05) is 19.1 Å². The Labute approximate surface area is 201 Å². The average Bonchev–Trinajstić information content (AvgIpc) is 3.36. The number of hydrogen-bond donors (Lipinski definition) is 2. The summed E-state index contributed by atoms with van der Waals surface area (Å²) < 4.78 is 59.2. The number of carboxylic acid groups (broad SMARTS) is 1. The number of nitrogens with zero attached hydrogens (tertiary/aromatic N) is 2. The van der Waals surface area contributed by atoms with E-state index >= 15 is 0 Å². The molecule has 1 saturated carbocycles. The highest BCUT2D eigenvalue weighted by Crippen LogP contribution is 2.59. The first-order valence-electron chi connectivity index (χ1n) is 10.9. The Morgan fingerprint density at radius 1 is 1.14 bits per heavy atom. The summed E-state index contributed by atoms with van der Waals surface area (Å²) in [7, 11) is -3.50. The van der Waals surface area contributed by atoms with Crippen molar-refractivity contribution in [2.24, 2.45) is 11.3 Å². The van der Waals surface area contributed by atoms with Crippen LogP contribution in [0.3, 0.4) is 0 Å². The first-order valence-corrected chi connectivity index (χ1v) is 12.4. The third-order valence-electron chi connectivity index (χ3n) is 6.28. The number of alkyl halides is 3. The third kappa shape index (κ3) is 6.37. The van der Waals surface area contributed by atoms with Crippen LogP contribution in [0.25, 0.3) is 0 Å². The molecule has 1 aromatic heterocycles. The molecule has 1 saturated heterocycles. The molecular formula is C23H26F3N3O5S. The van der Waals surface area contributed by atoms with Crippen LogP contribution >= 0.6 is 0 Å². The summed E-state index contributed by atoms with van der Waals surface area (Å²) in [5.74, 6) is -2.84. The lowest BCUT2D eigenvalue weighted by molar-refractivity contribution is -0.192. The Hall–Kier alpha value is -2.99. The lowest BCUT2D eigenvalue weighted by Gasteiger charge is -2.17.